The molecule has 1 aromatic rings. The molecule has 1 saturated heterocycles. The van der Waals surface area contributed by atoms with Crippen LogP contribution in [-0.4, -0.2) is 49.7 Å². The lowest BCUT2D eigenvalue weighted by molar-refractivity contribution is -0.137. The highest BCUT2D eigenvalue weighted by Gasteiger charge is 2.32. The van der Waals surface area contributed by atoms with Crippen molar-refractivity contribution in [1.82, 2.24) is 9.21 Å². The molecule has 3 rings (SSSR count). The second-order valence-electron chi connectivity index (χ2n) is 7.76. The molecule has 1 aliphatic carbocycles. The summed E-state index contributed by atoms with van der Waals surface area (Å²) < 4.78 is 27.6. The van der Waals surface area contributed by atoms with Crippen LogP contribution in [0.2, 0.25) is 0 Å². The summed E-state index contributed by atoms with van der Waals surface area (Å²) in [6.07, 6.45) is 7.07. The van der Waals surface area contributed by atoms with Crippen LogP contribution in [0.3, 0.4) is 0 Å². The molecule has 0 spiro atoms. The van der Waals surface area contributed by atoms with E-state index in [1.807, 2.05) is 17.0 Å². The van der Waals surface area contributed by atoms with Crippen LogP contribution in [0.25, 0.3) is 0 Å². The minimum Gasteiger partial charge on any atom is -0.340 e. The van der Waals surface area contributed by atoms with Crippen LogP contribution in [0.1, 0.15) is 57.1 Å². The highest BCUT2D eigenvalue weighted by Crippen LogP contribution is 2.27. The molecule has 0 N–H and O–H groups in total. The summed E-state index contributed by atoms with van der Waals surface area (Å²) in [4.78, 5) is 15.0. The van der Waals surface area contributed by atoms with E-state index in [4.69, 9.17) is 0 Å². The van der Waals surface area contributed by atoms with Gasteiger partial charge in [0.2, 0.25) is 15.9 Å². The Balaban J connectivity index is 1.63. The van der Waals surface area contributed by atoms with Gasteiger partial charge in [-0.3, -0.25) is 4.79 Å². The van der Waals surface area contributed by atoms with Crippen molar-refractivity contribution in [3.63, 3.8) is 0 Å². The van der Waals surface area contributed by atoms with Crippen molar-refractivity contribution in [2.24, 2.45) is 5.92 Å². The molecule has 27 heavy (non-hydrogen) atoms. The fraction of sp³-hybridized carbons (Fsp3) is 0.667. The molecule has 1 amide bonds. The molecule has 2 aliphatic rings. The van der Waals surface area contributed by atoms with E-state index in [-0.39, 0.29) is 11.8 Å². The van der Waals surface area contributed by atoms with Crippen LogP contribution >= 0.6 is 0 Å². The molecule has 1 unspecified atom stereocenters. The maximum Gasteiger partial charge on any atom is 0.243 e. The predicted octanol–water partition coefficient (Wildman–Crippen LogP) is 3.22. The van der Waals surface area contributed by atoms with Crippen molar-refractivity contribution in [3.05, 3.63) is 29.3 Å². The molecule has 1 fully saturated rings. The lowest BCUT2D eigenvalue weighted by atomic mass is 9.97. The van der Waals surface area contributed by atoms with Gasteiger partial charge in [0.05, 0.1) is 4.90 Å². The van der Waals surface area contributed by atoms with Gasteiger partial charge in [-0.1, -0.05) is 32.8 Å². The van der Waals surface area contributed by atoms with E-state index in [0.717, 1.165) is 44.9 Å². The first kappa shape index (κ1) is 20.3. The average Bonchev–Trinajstić information content (AvgIpc) is 3.16. The summed E-state index contributed by atoms with van der Waals surface area (Å²) in [7, 11) is -3.48. The molecule has 1 aromatic carbocycles. The average molecular weight is 393 g/mol. The lowest BCUT2D eigenvalue weighted by Crippen LogP contribution is -2.51. The summed E-state index contributed by atoms with van der Waals surface area (Å²) in [6, 6.07) is 5.57. The van der Waals surface area contributed by atoms with Gasteiger partial charge in [0, 0.05) is 32.1 Å². The van der Waals surface area contributed by atoms with Gasteiger partial charge in [-0.25, -0.2) is 8.42 Å². The first-order valence-corrected chi connectivity index (χ1v) is 11.8. The van der Waals surface area contributed by atoms with Crippen LogP contribution in [0, 0.1) is 5.92 Å². The molecule has 5 nitrogen and oxygen atoms in total. The Kier molecular flexibility index (Phi) is 6.58. The lowest BCUT2D eigenvalue weighted by Gasteiger charge is -2.35. The molecule has 1 heterocycles. The van der Waals surface area contributed by atoms with Crippen molar-refractivity contribution in [2.75, 3.05) is 26.2 Å². The highest BCUT2D eigenvalue weighted by atomic mass is 32.2. The predicted molar refractivity (Wildman–Crippen MR) is 107 cm³/mol. The zero-order chi connectivity index (χ0) is 19.4. The molecular formula is C21H32N2O3S. The van der Waals surface area contributed by atoms with Crippen LogP contribution in [0.15, 0.2) is 23.1 Å². The zero-order valence-corrected chi connectivity index (χ0v) is 17.4. The van der Waals surface area contributed by atoms with Crippen LogP contribution in [0.4, 0.5) is 0 Å². The first-order valence-electron chi connectivity index (χ1n) is 10.4. The summed E-state index contributed by atoms with van der Waals surface area (Å²) >= 11 is 0. The van der Waals surface area contributed by atoms with E-state index in [0.29, 0.717) is 31.1 Å². The molecule has 1 aliphatic heterocycles. The first-order chi connectivity index (χ1) is 13.0. The normalized spacial score (nSPS) is 19.1. The Bertz CT molecular complexity index is 768. The van der Waals surface area contributed by atoms with Gasteiger partial charge in [-0.2, -0.15) is 4.31 Å². The van der Waals surface area contributed by atoms with Crippen LogP contribution in [0.5, 0.6) is 0 Å². The number of carbonyl (C=O) groups excluding carboxylic acids is 1. The summed E-state index contributed by atoms with van der Waals surface area (Å²) in [6.45, 7) is 5.95. The van der Waals surface area contributed by atoms with Crippen molar-refractivity contribution in [3.8, 4) is 0 Å². The van der Waals surface area contributed by atoms with E-state index in [9.17, 15) is 13.2 Å². The monoisotopic (exact) mass is 392 g/mol. The van der Waals surface area contributed by atoms with Gasteiger partial charge in [0.15, 0.2) is 0 Å². The number of unbranched alkanes of at least 4 members (excludes halogenated alkanes) is 1. The van der Waals surface area contributed by atoms with E-state index in [2.05, 4.69) is 13.8 Å². The smallest absolute Gasteiger partial charge is 0.243 e. The number of aryl methyl sites for hydroxylation is 2. The fourth-order valence-corrected chi connectivity index (χ4v) is 5.69. The van der Waals surface area contributed by atoms with Gasteiger partial charge in [0.1, 0.15) is 0 Å². The van der Waals surface area contributed by atoms with Gasteiger partial charge < -0.3 is 4.90 Å². The minimum atomic E-state index is -3.48. The standard InChI is InChI=1S/C21H32N2O3S/c1-3-5-7-17(4-2)21(24)22-12-14-23(15-13-22)27(25,26)20-11-10-18-8-6-9-19(18)16-20/h10-11,16-17H,3-9,12-15H2,1-2H3. The largest absolute Gasteiger partial charge is 0.340 e. The van der Waals surface area contributed by atoms with Gasteiger partial charge in [-0.05, 0) is 55.4 Å². The number of carbonyl (C=O) groups is 1. The van der Waals surface area contributed by atoms with Gasteiger partial charge in [0.25, 0.3) is 0 Å². The third kappa shape index (κ3) is 4.37. The van der Waals surface area contributed by atoms with Crippen molar-refractivity contribution >= 4 is 15.9 Å². The highest BCUT2D eigenvalue weighted by molar-refractivity contribution is 7.89. The number of hydrogen-bond acceptors (Lipinski definition) is 3. The Hall–Kier alpha value is -1.40. The Morgan fingerprint density at radius 1 is 1.07 bits per heavy atom. The number of benzene rings is 1. The zero-order valence-electron chi connectivity index (χ0n) is 16.6. The molecule has 0 radical (unpaired) electrons. The molecule has 150 valence electrons. The second kappa shape index (κ2) is 8.74. The number of hydrogen-bond donors (Lipinski definition) is 0. The maximum atomic E-state index is 13.0. The van der Waals surface area contributed by atoms with Crippen molar-refractivity contribution in [2.45, 2.75) is 63.7 Å². The second-order valence-corrected chi connectivity index (χ2v) is 9.70. The van der Waals surface area contributed by atoms with E-state index < -0.39 is 10.0 Å². The Morgan fingerprint density at radius 3 is 2.44 bits per heavy atom. The maximum absolute atomic E-state index is 13.0. The minimum absolute atomic E-state index is 0.0739. The summed E-state index contributed by atoms with van der Waals surface area (Å²) in [5.74, 6) is 0.269. The van der Waals surface area contributed by atoms with E-state index >= 15 is 0 Å². The Labute approximate surface area is 163 Å². The topological polar surface area (TPSA) is 57.7 Å². The number of piperazine rings is 1. The molecule has 1 atom stereocenters. The van der Waals surface area contributed by atoms with E-state index in [1.54, 1.807) is 10.4 Å². The number of amides is 1. The molecule has 0 saturated carbocycles. The Morgan fingerprint density at radius 2 is 1.78 bits per heavy atom. The van der Waals surface area contributed by atoms with Crippen molar-refractivity contribution in [1.29, 1.82) is 0 Å². The fourth-order valence-electron chi connectivity index (χ4n) is 4.22. The quantitative estimate of drug-likeness (QED) is 0.716. The molecule has 6 heteroatoms. The number of nitrogens with zero attached hydrogens (tertiary/aromatic N) is 2. The van der Waals surface area contributed by atoms with Gasteiger partial charge >= 0.3 is 0 Å². The SMILES string of the molecule is CCCCC(CC)C(=O)N1CCN(S(=O)(=O)c2ccc3c(c2)CCC3)CC1. The summed E-state index contributed by atoms with van der Waals surface area (Å²) in [5, 5.41) is 0. The van der Waals surface area contributed by atoms with Crippen molar-refractivity contribution < 1.29 is 13.2 Å². The molecule has 0 bridgehead atoms. The molecule has 0 aromatic heterocycles. The van der Waals surface area contributed by atoms with Crippen LogP contribution < -0.4 is 0 Å². The van der Waals surface area contributed by atoms with E-state index in [1.165, 1.54) is 11.1 Å². The number of sulfonamides is 1. The number of rotatable bonds is 7. The number of fused-ring (bicyclic) bond motifs is 1. The molecular weight excluding hydrogens is 360 g/mol. The van der Waals surface area contributed by atoms with Gasteiger partial charge in [-0.15, -0.1) is 0 Å². The third-order valence-electron chi connectivity index (χ3n) is 6.01. The van der Waals surface area contributed by atoms with Crippen LogP contribution in [-0.2, 0) is 27.7 Å². The third-order valence-corrected chi connectivity index (χ3v) is 7.90. The summed E-state index contributed by atoms with van der Waals surface area (Å²) in [5.41, 5.74) is 2.45.